The van der Waals surface area contributed by atoms with Crippen molar-refractivity contribution in [2.45, 2.75) is 39.8 Å². The van der Waals surface area contributed by atoms with Gasteiger partial charge in [-0.2, -0.15) is 10.2 Å². The number of nitrogens with zero attached hydrogens (tertiary/aromatic N) is 4. The molecule has 0 aromatic carbocycles. The molecule has 0 fully saturated rings. The van der Waals surface area contributed by atoms with Crippen molar-refractivity contribution in [3.8, 4) is 0 Å². The van der Waals surface area contributed by atoms with Crippen molar-refractivity contribution in [2.24, 2.45) is 0 Å². The highest BCUT2D eigenvalue weighted by atomic mass is 35.5. The first-order valence-corrected chi connectivity index (χ1v) is 7.99. The largest absolute Gasteiger partial charge is 0.481 e. The Kier molecular flexibility index (Phi) is 5.97. The van der Waals surface area contributed by atoms with Crippen LogP contribution in [0.4, 0.5) is 0 Å². The summed E-state index contributed by atoms with van der Waals surface area (Å²) in [5.74, 6) is -1.18. The number of hydrogen-bond acceptors (Lipinski definition) is 4. The van der Waals surface area contributed by atoms with Crippen LogP contribution in [0.1, 0.15) is 34.7 Å². The van der Waals surface area contributed by atoms with Crippen LogP contribution in [-0.2, 0) is 17.9 Å². The van der Waals surface area contributed by atoms with E-state index in [1.165, 1.54) is 4.68 Å². The van der Waals surface area contributed by atoms with Crippen LogP contribution in [0, 0.1) is 13.8 Å². The Bertz CT molecular complexity index is 738. The van der Waals surface area contributed by atoms with E-state index in [1.54, 1.807) is 12.3 Å². The highest BCUT2D eigenvalue weighted by Crippen LogP contribution is 2.18. The quantitative estimate of drug-likeness (QED) is 0.702. The first-order chi connectivity index (χ1) is 11.4. The molecule has 8 nitrogen and oxygen atoms in total. The number of carbonyl (C=O) groups excluding carboxylic acids is 1. The number of hydrogen-bond donors (Lipinski definition) is 2. The van der Waals surface area contributed by atoms with E-state index in [0.29, 0.717) is 24.5 Å². The standard InChI is InChI=1S/C15H20ClN5O3/c1-10-14(16)11(2)21(18-10)7-3-6-17-15(24)12-4-8-20(19-12)9-5-13(22)23/h4,8H,3,5-7,9H2,1-2H3,(H,17,24)(H,22,23). The molecule has 24 heavy (non-hydrogen) atoms. The van der Waals surface area contributed by atoms with Gasteiger partial charge in [0.25, 0.3) is 5.91 Å². The fourth-order valence-corrected chi connectivity index (χ4v) is 2.37. The fraction of sp³-hybridized carbons (Fsp3) is 0.467. The molecule has 2 aromatic rings. The number of carboxylic acids is 1. The van der Waals surface area contributed by atoms with Gasteiger partial charge in [0.1, 0.15) is 5.69 Å². The number of carbonyl (C=O) groups is 2. The average molecular weight is 354 g/mol. The summed E-state index contributed by atoms with van der Waals surface area (Å²) >= 11 is 6.09. The third-order valence-corrected chi connectivity index (χ3v) is 4.10. The molecule has 0 saturated heterocycles. The van der Waals surface area contributed by atoms with E-state index in [1.807, 2.05) is 18.5 Å². The summed E-state index contributed by atoms with van der Waals surface area (Å²) in [6.45, 7) is 5.14. The topological polar surface area (TPSA) is 102 Å². The van der Waals surface area contributed by atoms with Crippen LogP contribution in [0.15, 0.2) is 12.3 Å². The summed E-state index contributed by atoms with van der Waals surface area (Å²) in [4.78, 5) is 22.5. The predicted octanol–water partition coefficient (Wildman–Crippen LogP) is 1.64. The van der Waals surface area contributed by atoms with Crippen LogP contribution in [0.5, 0.6) is 0 Å². The number of rotatable bonds is 8. The third-order valence-electron chi connectivity index (χ3n) is 3.55. The number of aryl methyl sites for hydroxylation is 3. The Morgan fingerprint density at radius 2 is 2.04 bits per heavy atom. The molecule has 9 heteroatoms. The maximum absolute atomic E-state index is 12.0. The minimum absolute atomic E-state index is 0.0338. The SMILES string of the molecule is Cc1nn(CCCNC(=O)c2ccn(CCC(=O)O)n2)c(C)c1Cl. The number of halogens is 1. The molecule has 0 unspecified atom stereocenters. The highest BCUT2D eigenvalue weighted by Gasteiger charge is 2.11. The normalized spacial score (nSPS) is 10.8. The smallest absolute Gasteiger partial charge is 0.305 e. The molecule has 0 aliphatic rings. The molecular weight excluding hydrogens is 334 g/mol. The molecule has 1 amide bonds. The van der Waals surface area contributed by atoms with E-state index in [2.05, 4.69) is 15.5 Å². The third kappa shape index (κ3) is 4.58. The van der Waals surface area contributed by atoms with Gasteiger partial charge in [-0.25, -0.2) is 0 Å². The van der Waals surface area contributed by atoms with Crippen molar-refractivity contribution in [2.75, 3.05) is 6.54 Å². The fourth-order valence-electron chi connectivity index (χ4n) is 2.23. The van der Waals surface area contributed by atoms with Gasteiger partial charge in [0, 0.05) is 19.3 Å². The van der Waals surface area contributed by atoms with Crippen LogP contribution in [0.25, 0.3) is 0 Å². The molecule has 0 bridgehead atoms. The van der Waals surface area contributed by atoms with Crippen LogP contribution < -0.4 is 5.32 Å². The van der Waals surface area contributed by atoms with Crippen LogP contribution in [0.3, 0.4) is 0 Å². The molecule has 0 atom stereocenters. The maximum Gasteiger partial charge on any atom is 0.305 e. The zero-order valence-electron chi connectivity index (χ0n) is 13.6. The lowest BCUT2D eigenvalue weighted by molar-refractivity contribution is -0.137. The number of aliphatic carboxylic acids is 1. The van der Waals surface area contributed by atoms with Gasteiger partial charge < -0.3 is 10.4 Å². The summed E-state index contributed by atoms with van der Waals surface area (Å²) in [5.41, 5.74) is 1.98. The monoisotopic (exact) mass is 353 g/mol. The van der Waals surface area contributed by atoms with E-state index < -0.39 is 5.97 Å². The second kappa shape index (κ2) is 7.96. The van der Waals surface area contributed by atoms with E-state index in [0.717, 1.165) is 11.4 Å². The van der Waals surface area contributed by atoms with Gasteiger partial charge in [-0.05, 0) is 26.3 Å². The number of aromatic nitrogens is 4. The summed E-state index contributed by atoms with van der Waals surface area (Å²) in [6, 6.07) is 1.57. The van der Waals surface area contributed by atoms with Gasteiger partial charge in [-0.15, -0.1) is 0 Å². The second-order valence-corrected chi connectivity index (χ2v) is 5.80. The van der Waals surface area contributed by atoms with E-state index in [4.69, 9.17) is 16.7 Å². The van der Waals surface area contributed by atoms with Gasteiger partial charge in [0.2, 0.25) is 0 Å². The summed E-state index contributed by atoms with van der Waals surface area (Å²) < 4.78 is 3.27. The zero-order chi connectivity index (χ0) is 17.7. The van der Waals surface area contributed by atoms with Gasteiger partial charge in [-0.1, -0.05) is 11.6 Å². The van der Waals surface area contributed by atoms with E-state index in [-0.39, 0.29) is 24.6 Å². The molecule has 0 aliphatic carbocycles. The van der Waals surface area contributed by atoms with Crippen molar-refractivity contribution < 1.29 is 14.7 Å². The van der Waals surface area contributed by atoms with Crippen LogP contribution in [0.2, 0.25) is 5.02 Å². The van der Waals surface area contributed by atoms with Gasteiger partial charge >= 0.3 is 5.97 Å². The highest BCUT2D eigenvalue weighted by molar-refractivity contribution is 6.31. The van der Waals surface area contributed by atoms with Crippen molar-refractivity contribution in [3.63, 3.8) is 0 Å². The Labute approximate surface area is 144 Å². The summed E-state index contributed by atoms with van der Waals surface area (Å²) in [7, 11) is 0. The minimum Gasteiger partial charge on any atom is -0.481 e. The van der Waals surface area contributed by atoms with Crippen molar-refractivity contribution in [1.29, 1.82) is 0 Å². The van der Waals surface area contributed by atoms with Crippen molar-refractivity contribution >= 4 is 23.5 Å². The first-order valence-electron chi connectivity index (χ1n) is 7.61. The summed E-state index contributed by atoms with van der Waals surface area (Å²) in [6.07, 6.45) is 2.27. The Morgan fingerprint density at radius 1 is 1.29 bits per heavy atom. The van der Waals surface area contributed by atoms with Crippen molar-refractivity contribution in [3.05, 3.63) is 34.4 Å². The molecule has 130 valence electrons. The molecule has 0 aliphatic heterocycles. The maximum atomic E-state index is 12.0. The second-order valence-electron chi connectivity index (χ2n) is 5.43. The molecule has 2 heterocycles. The molecule has 0 radical (unpaired) electrons. The Morgan fingerprint density at radius 3 is 2.67 bits per heavy atom. The molecule has 2 rings (SSSR count). The minimum atomic E-state index is -0.902. The van der Waals surface area contributed by atoms with Crippen LogP contribution >= 0.6 is 11.6 Å². The van der Waals surface area contributed by atoms with E-state index >= 15 is 0 Å². The lowest BCUT2D eigenvalue weighted by Gasteiger charge is -2.05. The number of carboxylic acid groups (broad SMARTS) is 1. The molecular formula is C15H20ClN5O3. The number of nitrogens with one attached hydrogen (secondary N) is 1. The Hall–Kier alpha value is -2.35. The lowest BCUT2D eigenvalue weighted by Crippen LogP contribution is -2.26. The van der Waals surface area contributed by atoms with Gasteiger partial charge in [0.05, 0.1) is 29.4 Å². The average Bonchev–Trinajstić information content (AvgIpc) is 3.11. The number of amides is 1. The zero-order valence-corrected chi connectivity index (χ0v) is 14.4. The van der Waals surface area contributed by atoms with Gasteiger partial charge in [-0.3, -0.25) is 19.0 Å². The molecule has 2 N–H and O–H groups in total. The van der Waals surface area contributed by atoms with E-state index in [9.17, 15) is 9.59 Å². The molecule has 0 saturated carbocycles. The van der Waals surface area contributed by atoms with Crippen molar-refractivity contribution in [1.82, 2.24) is 24.9 Å². The Balaban J connectivity index is 1.77. The lowest BCUT2D eigenvalue weighted by atomic mass is 10.3. The summed E-state index contributed by atoms with van der Waals surface area (Å²) in [5, 5.41) is 20.5. The van der Waals surface area contributed by atoms with Gasteiger partial charge in [0.15, 0.2) is 0 Å². The van der Waals surface area contributed by atoms with Crippen LogP contribution in [-0.4, -0.2) is 43.1 Å². The first kappa shape index (κ1) is 18.0. The molecule has 0 spiro atoms. The molecule has 2 aromatic heterocycles. The predicted molar refractivity (Wildman–Crippen MR) is 88.1 cm³/mol.